The van der Waals surface area contributed by atoms with Crippen LogP contribution in [0.15, 0.2) is 24.3 Å². The Labute approximate surface area is 143 Å². The molecular weight excluding hydrogens is 341 g/mol. The number of halogens is 2. The maximum Gasteiger partial charge on any atom is 0.218 e. The van der Waals surface area contributed by atoms with Crippen LogP contribution in [0.2, 0.25) is 0 Å². The Morgan fingerprint density at radius 2 is 1.87 bits per heavy atom. The number of nitrogens with one attached hydrogen (secondary N) is 1. The molecule has 1 aromatic carbocycles. The molecule has 0 saturated carbocycles. The van der Waals surface area contributed by atoms with Crippen LogP contribution in [-0.4, -0.2) is 62.9 Å². The van der Waals surface area contributed by atoms with Crippen LogP contribution in [0.3, 0.4) is 0 Å². The SMILES string of the molecule is Cl.O=S(=O)(Cc1ccccc1F)N1CCC(N2CCNCC2)C1. The van der Waals surface area contributed by atoms with Gasteiger partial charge in [-0.3, -0.25) is 4.90 Å². The summed E-state index contributed by atoms with van der Waals surface area (Å²) < 4.78 is 40.2. The second-order valence-corrected chi connectivity index (χ2v) is 7.90. The first-order chi connectivity index (χ1) is 10.6. The molecule has 23 heavy (non-hydrogen) atoms. The fourth-order valence-corrected chi connectivity index (χ4v) is 4.80. The molecule has 2 aliphatic rings. The number of piperazine rings is 1. The summed E-state index contributed by atoms with van der Waals surface area (Å²) in [6.45, 7) is 4.90. The molecule has 130 valence electrons. The molecule has 3 rings (SSSR count). The average Bonchev–Trinajstić information content (AvgIpc) is 3.01. The van der Waals surface area contributed by atoms with Gasteiger partial charge >= 0.3 is 0 Å². The lowest BCUT2D eigenvalue weighted by Crippen LogP contribution is -2.49. The Balaban J connectivity index is 0.00000192. The number of hydrogen-bond donors (Lipinski definition) is 1. The molecule has 2 heterocycles. The van der Waals surface area contributed by atoms with Crippen molar-refractivity contribution >= 4 is 22.4 Å². The largest absolute Gasteiger partial charge is 0.314 e. The highest BCUT2D eigenvalue weighted by Gasteiger charge is 2.34. The molecule has 0 spiro atoms. The van der Waals surface area contributed by atoms with Gasteiger partial charge in [-0.2, -0.15) is 0 Å². The van der Waals surface area contributed by atoms with Crippen LogP contribution in [0.25, 0.3) is 0 Å². The molecule has 2 aliphatic heterocycles. The minimum absolute atomic E-state index is 0. The van der Waals surface area contributed by atoms with Crippen molar-refractivity contribution in [1.82, 2.24) is 14.5 Å². The molecule has 2 saturated heterocycles. The summed E-state index contributed by atoms with van der Waals surface area (Å²) >= 11 is 0. The smallest absolute Gasteiger partial charge is 0.218 e. The third-order valence-corrected chi connectivity index (χ3v) is 6.28. The summed E-state index contributed by atoms with van der Waals surface area (Å²) in [6, 6.07) is 6.37. The Morgan fingerprint density at radius 1 is 1.17 bits per heavy atom. The average molecular weight is 364 g/mol. The molecule has 2 fully saturated rings. The number of nitrogens with zero attached hydrogens (tertiary/aromatic N) is 2. The Hall–Kier alpha value is -0.730. The third-order valence-electron chi connectivity index (χ3n) is 4.48. The Kier molecular flexibility index (Phi) is 6.39. The van der Waals surface area contributed by atoms with Gasteiger partial charge in [0, 0.05) is 50.9 Å². The van der Waals surface area contributed by atoms with E-state index in [1.807, 2.05) is 0 Å². The van der Waals surface area contributed by atoms with E-state index >= 15 is 0 Å². The van der Waals surface area contributed by atoms with E-state index in [-0.39, 0.29) is 29.8 Å². The third kappa shape index (κ3) is 4.42. The van der Waals surface area contributed by atoms with Crippen molar-refractivity contribution in [1.29, 1.82) is 0 Å². The maximum atomic E-state index is 13.7. The number of benzene rings is 1. The minimum atomic E-state index is -3.46. The van der Waals surface area contributed by atoms with Crippen LogP contribution < -0.4 is 5.32 Å². The van der Waals surface area contributed by atoms with Gasteiger partial charge in [-0.15, -0.1) is 12.4 Å². The van der Waals surface area contributed by atoms with E-state index in [9.17, 15) is 12.8 Å². The first-order valence-corrected chi connectivity index (χ1v) is 9.33. The zero-order valence-corrected chi connectivity index (χ0v) is 14.6. The van der Waals surface area contributed by atoms with E-state index in [1.165, 1.54) is 16.4 Å². The number of rotatable bonds is 4. The van der Waals surface area contributed by atoms with Gasteiger partial charge in [-0.25, -0.2) is 17.1 Å². The predicted molar refractivity (Wildman–Crippen MR) is 90.7 cm³/mol. The molecule has 0 aliphatic carbocycles. The summed E-state index contributed by atoms with van der Waals surface area (Å²) in [5, 5.41) is 3.30. The summed E-state index contributed by atoms with van der Waals surface area (Å²) in [4.78, 5) is 2.36. The fraction of sp³-hybridized carbons (Fsp3) is 0.600. The molecule has 0 radical (unpaired) electrons. The van der Waals surface area contributed by atoms with Gasteiger partial charge in [0.15, 0.2) is 0 Å². The van der Waals surface area contributed by atoms with Crippen molar-refractivity contribution in [2.75, 3.05) is 39.3 Å². The standard InChI is InChI=1S/C15H22FN3O2S.ClH/c16-15-4-2-1-3-13(15)12-22(20,21)19-8-5-14(11-19)18-9-6-17-7-10-18;/h1-4,14,17H,5-12H2;1H. The normalized spacial score (nSPS) is 23.6. The van der Waals surface area contributed by atoms with Gasteiger partial charge in [0.2, 0.25) is 10.0 Å². The summed E-state index contributed by atoms with van der Waals surface area (Å²) in [7, 11) is -3.46. The van der Waals surface area contributed by atoms with E-state index in [2.05, 4.69) is 10.2 Å². The van der Waals surface area contributed by atoms with Crippen LogP contribution in [-0.2, 0) is 15.8 Å². The monoisotopic (exact) mass is 363 g/mol. The molecule has 1 N–H and O–H groups in total. The highest BCUT2D eigenvalue weighted by Crippen LogP contribution is 2.22. The summed E-state index contributed by atoms with van der Waals surface area (Å²) in [6.07, 6.45) is 0.858. The van der Waals surface area contributed by atoms with E-state index in [0.717, 1.165) is 32.6 Å². The van der Waals surface area contributed by atoms with Crippen LogP contribution in [0, 0.1) is 5.82 Å². The van der Waals surface area contributed by atoms with Gasteiger partial charge in [0.05, 0.1) is 5.75 Å². The highest BCUT2D eigenvalue weighted by molar-refractivity contribution is 7.88. The first-order valence-electron chi connectivity index (χ1n) is 7.72. The van der Waals surface area contributed by atoms with E-state index < -0.39 is 15.8 Å². The van der Waals surface area contributed by atoms with Crippen molar-refractivity contribution in [3.05, 3.63) is 35.6 Å². The Bertz CT molecular complexity index is 623. The van der Waals surface area contributed by atoms with Gasteiger partial charge in [0.1, 0.15) is 5.82 Å². The lowest BCUT2D eigenvalue weighted by Gasteiger charge is -2.32. The molecule has 8 heteroatoms. The van der Waals surface area contributed by atoms with Crippen LogP contribution >= 0.6 is 12.4 Å². The second kappa shape index (κ2) is 7.90. The second-order valence-electron chi connectivity index (χ2n) is 5.93. The zero-order valence-electron chi connectivity index (χ0n) is 12.9. The summed E-state index contributed by atoms with van der Waals surface area (Å²) in [5.74, 6) is -0.711. The lowest BCUT2D eigenvalue weighted by molar-refractivity contribution is 0.179. The molecule has 0 amide bonds. The zero-order chi connectivity index (χ0) is 15.6. The molecule has 5 nitrogen and oxygen atoms in total. The van der Waals surface area contributed by atoms with Gasteiger partial charge in [0.25, 0.3) is 0 Å². The van der Waals surface area contributed by atoms with E-state index in [4.69, 9.17) is 0 Å². The molecular formula is C15H23ClFN3O2S. The fourth-order valence-electron chi connectivity index (χ4n) is 3.21. The van der Waals surface area contributed by atoms with Gasteiger partial charge in [-0.05, 0) is 12.5 Å². The Morgan fingerprint density at radius 3 is 2.57 bits per heavy atom. The van der Waals surface area contributed by atoms with Crippen molar-refractivity contribution in [3.8, 4) is 0 Å². The molecule has 1 unspecified atom stereocenters. The number of sulfonamides is 1. The molecule has 0 bridgehead atoms. The lowest BCUT2D eigenvalue weighted by atomic mass is 10.2. The molecule has 1 aromatic rings. The molecule has 1 atom stereocenters. The molecule has 0 aromatic heterocycles. The quantitative estimate of drug-likeness (QED) is 0.869. The van der Waals surface area contributed by atoms with Gasteiger partial charge in [-0.1, -0.05) is 18.2 Å². The maximum absolute atomic E-state index is 13.7. The van der Waals surface area contributed by atoms with Crippen molar-refractivity contribution in [2.24, 2.45) is 0 Å². The van der Waals surface area contributed by atoms with Gasteiger partial charge < -0.3 is 5.32 Å². The van der Waals surface area contributed by atoms with Crippen LogP contribution in [0.4, 0.5) is 4.39 Å². The van der Waals surface area contributed by atoms with Crippen molar-refractivity contribution < 1.29 is 12.8 Å². The topological polar surface area (TPSA) is 52.7 Å². The van der Waals surface area contributed by atoms with Crippen molar-refractivity contribution in [3.63, 3.8) is 0 Å². The van der Waals surface area contributed by atoms with E-state index in [1.54, 1.807) is 12.1 Å². The first kappa shape index (κ1) is 18.6. The minimum Gasteiger partial charge on any atom is -0.314 e. The number of hydrogen-bond acceptors (Lipinski definition) is 4. The van der Waals surface area contributed by atoms with Crippen LogP contribution in [0.5, 0.6) is 0 Å². The van der Waals surface area contributed by atoms with E-state index in [0.29, 0.717) is 13.1 Å². The van der Waals surface area contributed by atoms with Crippen LogP contribution in [0.1, 0.15) is 12.0 Å². The highest BCUT2D eigenvalue weighted by atomic mass is 35.5. The predicted octanol–water partition coefficient (Wildman–Crippen LogP) is 1.06. The van der Waals surface area contributed by atoms with Crippen molar-refractivity contribution in [2.45, 2.75) is 18.2 Å². The summed E-state index contributed by atoms with van der Waals surface area (Å²) in [5.41, 5.74) is 0.244.